The van der Waals surface area contributed by atoms with E-state index in [0.717, 1.165) is 58.1 Å². The quantitative estimate of drug-likeness (QED) is 0.163. The smallest absolute Gasteiger partial charge is 0.330 e. The SMILES string of the molecule is O=S1(=O)NC(O)=CN1c1cccc(-n2cc(-c3ccc(Cl)cc3Cl)nc2Cc2ccc(-c3ccc(N4CC[C@@H](c5ccccc5)C4)cc3)cc2)c1. The van der Waals surface area contributed by atoms with Gasteiger partial charge in [0.1, 0.15) is 5.82 Å². The number of hydrogen-bond donors (Lipinski definition) is 2. The van der Waals surface area contributed by atoms with Gasteiger partial charge in [0.15, 0.2) is 0 Å². The molecule has 1 atom stereocenters. The van der Waals surface area contributed by atoms with E-state index in [9.17, 15) is 13.5 Å². The largest absolute Gasteiger partial charge is 0.493 e. The van der Waals surface area contributed by atoms with Gasteiger partial charge in [-0.05, 0) is 77.2 Å². The number of aliphatic hydroxyl groups is 1. The van der Waals surface area contributed by atoms with Crippen LogP contribution in [0.25, 0.3) is 28.1 Å². The number of benzene rings is 5. The van der Waals surface area contributed by atoms with Gasteiger partial charge in [0.05, 0.1) is 22.6 Å². The number of aromatic nitrogens is 2. The van der Waals surface area contributed by atoms with E-state index in [4.69, 9.17) is 28.2 Å². The Morgan fingerprint density at radius 1 is 0.804 bits per heavy atom. The number of aliphatic hydroxyl groups excluding tert-OH is 1. The molecule has 5 aromatic carbocycles. The lowest BCUT2D eigenvalue weighted by atomic mass is 9.99. The highest BCUT2D eigenvalue weighted by atomic mass is 35.5. The van der Waals surface area contributed by atoms with Gasteiger partial charge < -0.3 is 14.6 Å². The van der Waals surface area contributed by atoms with Gasteiger partial charge in [-0.2, -0.15) is 8.42 Å². The highest BCUT2D eigenvalue weighted by molar-refractivity contribution is 7.91. The van der Waals surface area contributed by atoms with Crippen molar-refractivity contribution in [3.05, 3.63) is 167 Å². The fraction of sp³-hybridized carbons (Fsp3) is 0.125. The van der Waals surface area contributed by atoms with Crippen molar-refractivity contribution < 1.29 is 13.5 Å². The normalized spacial score (nSPS) is 16.7. The maximum atomic E-state index is 12.6. The van der Waals surface area contributed by atoms with Crippen LogP contribution in [0, 0.1) is 0 Å². The van der Waals surface area contributed by atoms with E-state index in [0.29, 0.717) is 39.5 Å². The first-order valence-corrected chi connectivity index (χ1v) is 18.8. The fourth-order valence-corrected chi connectivity index (χ4v) is 8.38. The zero-order chi connectivity index (χ0) is 35.1. The van der Waals surface area contributed by atoms with Gasteiger partial charge in [0, 0.05) is 53.6 Å². The minimum Gasteiger partial charge on any atom is -0.493 e. The molecule has 8 rings (SSSR count). The van der Waals surface area contributed by atoms with E-state index in [2.05, 4.69) is 88.5 Å². The summed E-state index contributed by atoms with van der Waals surface area (Å²) in [7, 11) is -3.96. The molecule has 6 aromatic rings. The Morgan fingerprint density at radius 2 is 1.53 bits per heavy atom. The van der Waals surface area contributed by atoms with E-state index in [-0.39, 0.29) is 0 Å². The van der Waals surface area contributed by atoms with E-state index >= 15 is 0 Å². The zero-order valence-corrected chi connectivity index (χ0v) is 29.7. The molecule has 2 aliphatic heterocycles. The third kappa shape index (κ3) is 6.80. The van der Waals surface area contributed by atoms with Crippen LogP contribution in [0.15, 0.2) is 140 Å². The standard InChI is InChI=1S/C40H33Cl2N5O3S/c41-32-15-18-36(37(42)22-32)38-25-46(34-7-4-8-35(23-34)47-26-40(48)44-51(47,49)50)39(43-38)21-27-9-11-29(12-10-27)30-13-16-33(17-14-30)45-20-19-31(24-45)28-5-2-1-3-6-28/h1-18,22-23,25-26,31,44,48H,19-21,24H2/t31-/m1/s1. The molecular weight excluding hydrogens is 701 g/mol. The molecule has 1 aromatic heterocycles. The summed E-state index contributed by atoms with van der Waals surface area (Å²) >= 11 is 12.8. The molecule has 1 fully saturated rings. The molecule has 0 spiro atoms. The molecular formula is C40H33Cl2N5O3S. The van der Waals surface area contributed by atoms with Crippen LogP contribution in [0.1, 0.15) is 29.3 Å². The molecule has 0 saturated carbocycles. The highest BCUT2D eigenvalue weighted by Crippen LogP contribution is 2.34. The van der Waals surface area contributed by atoms with Gasteiger partial charge >= 0.3 is 10.2 Å². The van der Waals surface area contributed by atoms with Crippen LogP contribution in [0.2, 0.25) is 10.0 Å². The van der Waals surface area contributed by atoms with E-state index in [1.807, 2.05) is 22.9 Å². The number of nitrogens with zero attached hydrogens (tertiary/aromatic N) is 4. The van der Waals surface area contributed by atoms with Crippen molar-refractivity contribution in [2.45, 2.75) is 18.8 Å². The highest BCUT2D eigenvalue weighted by Gasteiger charge is 2.29. The molecule has 2 aliphatic rings. The lowest BCUT2D eigenvalue weighted by Gasteiger charge is -2.19. The maximum absolute atomic E-state index is 12.6. The van der Waals surface area contributed by atoms with Crippen LogP contribution in [-0.4, -0.2) is 36.2 Å². The Hall–Kier alpha value is -5.22. The topological polar surface area (TPSA) is 90.7 Å². The predicted molar refractivity (Wildman–Crippen MR) is 205 cm³/mol. The summed E-state index contributed by atoms with van der Waals surface area (Å²) in [5.41, 5.74) is 8.38. The number of rotatable bonds is 8. The van der Waals surface area contributed by atoms with Crippen molar-refractivity contribution in [3.8, 4) is 28.1 Å². The van der Waals surface area contributed by atoms with Crippen LogP contribution >= 0.6 is 23.2 Å². The zero-order valence-electron chi connectivity index (χ0n) is 27.3. The van der Waals surface area contributed by atoms with Gasteiger partial charge in [-0.3, -0.25) is 0 Å². The molecule has 8 nitrogen and oxygen atoms in total. The van der Waals surface area contributed by atoms with Crippen molar-refractivity contribution >= 4 is 44.8 Å². The van der Waals surface area contributed by atoms with Crippen LogP contribution in [0.4, 0.5) is 11.4 Å². The second-order valence-electron chi connectivity index (χ2n) is 12.7. The average molecular weight is 735 g/mol. The summed E-state index contributed by atoms with van der Waals surface area (Å²) in [5.74, 6) is 0.833. The predicted octanol–water partition coefficient (Wildman–Crippen LogP) is 9.11. The molecule has 51 heavy (non-hydrogen) atoms. The van der Waals surface area contributed by atoms with Crippen molar-refractivity contribution in [3.63, 3.8) is 0 Å². The summed E-state index contributed by atoms with van der Waals surface area (Å²) in [6.07, 6.45) is 4.66. The third-order valence-electron chi connectivity index (χ3n) is 9.42. The van der Waals surface area contributed by atoms with Crippen molar-refractivity contribution in [1.82, 2.24) is 14.3 Å². The van der Waals surface area contributed by atoms with Gasteiger partial charge in [0.25, 0.3) is 0 Å². The first-order chi connectivity index (χ1) is 24.7. The second-order valence-corrected chi connectivity index (χ2v) is 15.1. The molecule has 0 unspecified atom stereocenters. The maximum Gasteiger partial charge on any atom is 0.330 e. The van der Waals surface area contributed by atoms with E-state index < -0.39 is 16.1 Å². The summed E-state index contributed by atoms with van der Waals surface area (Å²) in [6, 6.07) is 40.3. The number of imidazole rings is 1. The van der Waals surface area contributed by atoms with Crippen LogP contribution in [0.3, 0.4) is 0 Å². The van der Waals surface area contributed by atoms with Crippen LogP contribution in [0.5, 0.6) is 0 Å². The summed E-state index contributed by atoms with van der Waals surface area (Å²) < 4.78 is 30.2. The van der Waals surface area contributed by atoms with Crippen LogP contribution < -0.4 is 13.9 Å². The van der Waals surface area contributed by atoms with Gasteiger partial charge in [-0.1, -0.05) is 96.0 Å². The van der Waals surface area contributed by atoms with E-state index in [1.165, 1.54) is 11.3 Å². The molecule has 11 heteroatoms. The lowest BCUT2D eigenvalue weighted by Crippen LogP contribution is -2.29. The Bertz CT molecular complexity index is 2360. The fourth-order valence-electron chi connectivity index (χ4n) is 6.83. The summed E-state index contributed by atoms with van der Waals surface area (Å²) in [6.45, 7) is 2.08. The molecule has 2 N–H and O–H groups in total. The average Bonchev–Trinajstić information content (AvgIpc) is 3.86. The molecule has 256 valence electrons. The first-order valence-electron chi connectivity index (χ1n) is 16.6. The number of anilines is 2. The number of halogens is 2. The Balaban J connectivity index is 1.05. The molecule has 0 radical (unpaired) electrons. The Morgan fingerprint density at radius 3 is 2.24 bits per heavy atom. The number of hydrogen-bond acceptors (Lipinski definition) is 5. The molecule has 3 heterocycles. The lowest BCUT2D eigenvalue weighted by molar-refractivity contribution is 0.392. The Labute approximate surface area is 307 Å². The minimum atomic E-state index is -3.96. The minimum absolute atomic E-state index is 0.353. The van der Waals surface area contributed by atoms with Gasteiger partial charge in [-0.25, -0.2) is 14.0 Å². The van der Waals surface area contributed by atoms with E-state index in [1.54, 1.807) is 30.3 Å². The number of nitrogens with one attached hydrogen (secondary N) is 1. The van der Waals surface area contributed by atoms with Gasteiger partial charge in [-0.15, -0.1) is 0 Å². The van der Waals surface area contributed by atoms with Gasteiger partial charge in [0.2, 0.25) is 5.88 Å². The second kappa shape index (κ2) is 13.5. The molecule has 0 amide bonds. The monoisotopic (exact) mass is 733 g/mol. The van der Waals surface area contributed by atoms with Crippen LogP contribution in [-0.2, 0) is 16.6 Å². The third-order valence-corrected chi connectivity index (χ3v) is 11.3. The summed E-state index contributed by atoms with van der Waals surface area (Å²) in [4.78, 5) is 7.47. The molecule has 0 bridgehead atoms. The van der Waals surface area contributed by atoms with Crippen molar-refractivity contribution in [2.75, 3.05) is 22.3 Å². The molecule has 0 aliphatic carbocycles. The van der Waals surface area contributed by atoms with Crippen molar-refractivity contribution in [2.24, 2.45) is 0 Å². The molecule has 1 saturated heterocycles. The Kier molecular flexibility index (Phi) is 8.71. The summed E-state index contributed by atoms with van der Waals surface area (Å²) in [5, 5.41) is 10.8. The van der Waals surface area contributed by atoms with Crippen molar-refractivity contribution in [1.29, 1.82) is 0 Å². The first kappa shape index (κ1) is 33.0.